The molecule has 206 valence electrons. The third-order valence-electron chi connectivity index (χ3n) is 7.42. The summed E-state index contributed by atoms with van der Waals surface area (Å²) in [5.74, 6) is -0.576. The minimum Gasteiger partial charge on any atom is -0.493 e. The van der Waals surface area contributed by atoms with Gasteiger partial charge in [0.05, 0.1) is 31.7 Å². The van der Waals surface area contributed by atoms with Crippen LogP contribution in [0.4, 0.5) is 10.1 Å². The fourth-order valence-corrected chi connectivity index (χ4v) is 5.36. The molecule has 0 radical (unpaired) electrons. The third kappa shape index (κ3) is 5.59. The Morgan fingerprint density at radius 2 is 1.68 bits per heavy atom. The van der Waals surface area contributed by atoms with Gasteiger partial charge in [-0.2, -0.15) is 5.10 Å². The maximum absolute atomic E-state index is 13.1. The molecule has 0 spiro atoms. The third-order valence-corrected chi connectivity index (χ3v) is 7.42. The molecule has 2 N–H and O–H groups in total. The van der Waals surface area contributed by atoms with Gasteiger partial charge < -0.3 is 14.8 Å². The maximum Gasteiger partial charge on any atom is 0.329 e. The van der Waals surface area contributed by atoms with Crippen molar-refractivity contribution in [1.82, 2.24) is 5.43 Å². The summed E-state index contributed by atoms with van der Waals surface area (Å²) >= 11 is 0. The number of fused-ring (bicyclic) bond motifs is 3. The van der Waals surface area contributed by atoms with Gasteiger partial charge in [0.15, 0.2) is 11.5 Å². The van der Waals surface area contributed by atoms with Crippen molar-refractivity contribution >= 4 is 28.9 Å². The van der Waals surface area contributed by atoms with E-state index in [1.54, 1.807) is 21.1 Å². The zero-order chi connectivity index (χ0) is 28.2. The van der Waals surface area contributed by atoms with Crippen LogP contribution in [0.3, 0.4) is 0 Å². The molecular weight excluding hydrogens is 511 g/mol. The summed E-state index contributed by atoms with van der Waals surface area (Å²) in [6.45, 7) is 1.75. The number of hydrogen-bond acceptors (Lipinski definition) is 6. The predicted octanol–water partition coefficient (Wildman–Crippen LogP) is 5.20. The van der Waals surface area contributed by atoms with Gasteiger partial charge in [-0.25, -0.2) is 9.82 Å². The van der Waals surface area contributed by atoms with Crippen molar-refractivity contribution in [3.8, 4) is 11.5 Å². The first-order valence-electron chi connectivity index (χ1n) is 13.2. The number of benzene rings is 3. The van der Waals surface area contributed by atoms with Crippen LogP contribution >= 0.6 is 0 Å². The molecule has 1 aliphatic carbocycles. The molecule has 0 unspecified atom stereocenters. The Balaban J connectivity index is 1.39. The van der Waals surface area contributed by atoms with Crippen molar-refractivity contribution in [2.75, 3.05) is 19.5 Å². The Labute approximate surface area is 232 Å². The molecule has 2 aliphatic rings. The van der Waals surface area contributed by atoms with Gasteiger partial charge in [-0.15, -0.1) is 0 Å². The average Bonchev–Trinajstić information content (AvgIpc) is 2.99. The molecule has 1 saturated carbocycles. The highest BCUT2D eigenvalue weighted by Gasteiger charge is 2.34. The number of hydrazone groups is 1. The highest BCUT2D eigenvalue weighted by Crippen LogP contribution is 2.44. The van der Waals surface area contributed by atoms with Crippen LogP contribution < -0.4 is 20.2 Å². The van der Waals surface area contributed by atoms with E-state index in [1.807, 2.05) is 30.3 Å². The molecule has 3 aromatic rings. The van der Waals surface area contributed by atoms with Gasteiger partial charge in [-0.05, 0) is 73.4 Å². The molecule has 2 atom stereocenters. The lowest BCUT2D eigenvalue weighted by atomic mass is 9.75. The van der Waals surface area contributed by atoms with Gasteiger partial charge in [-0.3, -0.25) is 14.6 Å². The van der Waals surface area contributed by atoms with Gasteiger partial charge in [0, 0.05) is 22.7 Å². The van der Waals surface area contributed by atoms with Crippen molar-refractivity contribution < 1.29 is 23.5 Å². The lowest BCUT2D eigenvalue weighted by Gasteiger charge is -2.35. The molecule has 5 rings (SSSR count). The van der Waals surface area contributed by atoms with Gasteiger partial charge in [-0.1, -0.05) is 31.0 Å². The second kappa shape index (κ2) is 11.7. The van der Waals surface area contributed by atoms with E-state index in [9.17, 15) is 14.0 Å². The zero-order valence-electron chi connectivity index (χ0n) is 22.7. The molecule has 2 amide bonds. The van der Waals surface area contributed by atoms with E-state index in [0.29, 0.717) is 28.8 Å². The molecule has 0 aromatic heterocycles. The SMILES string of the molecule is COc1cc2c(cc1OC)[C@H]1CCCC[C@H]1N=C2c1cccc(C(C)=NNC(=O)C(=O)Nc2ccc(F)cc2)c1. The Kier molecular flexibility index (Phi) is 7.91. The number of anilines is 1. The van der Waals surface area contributed by atoms with Crippen LogP contribution in [-0.2, 0) is 9.59 Å². The van der Waals surface area contributed by atoms with Crippen LogP contribution in [0.1, 0.15) is 60.8 Å². The van der Waals surface area contributed by atoms with Crippen LogP contribution in [0.15, 0.2) is 70.8 Å². The highest BCUT2D eigenvalue weighted by molar-refractivity contribution is 6.39. The first-order chi connectivity index (χ1) is 19.4. The number of nitrogens with one attached hydrogen (secondary N) is 2. The molecule has 8 nitrogen and oxygen atoms in total. The number of amides is 2. The van der Waals surface area contributed by atoms with Gasteiger partial charge >= 0.3 is 11.8 Å². The van der Waals surface area contributed by atoms with Gasteiger partial charge in [0.1, 0.15) is 5.82 Å². The molecule has 1 fully saturated rings. The number of nitrogens with zero attached hydrogens (tertiary/aromatic N) is 2. The molecule has 40 heavy (non-hydrogen) atoms. The summed E-state index contributed by atoms with van der Waals surface area (Å²) in [4.78, 5) is 29.7. The van der Waals surface area contributed by atoms with Crippen LogP contribution in [0.5, 0.6) is 11.5 Å². The lowest BCUT2D eigenvalue weighted by Crippen LogP contribution is -2.33. The summed E-state index contributed by atoms with van der Waals surface area (Å²) < 4.78 is 24.3. The highest BCUT2D eigenvalue weighted by atomic mass is 19.1. The minimum absolute atomic E-state index is 0.201. The number of carbonyl (C=O) groups excluding carboxylic acids is 2. The fraction of sp³-hybridized carbons (Fsp3) is 0.290. The van der Waals surface area contributed by atoms with Crippen molar-refractivity contribution in [3.63, 3.8) is 0 Å². The topological polar surface area (TPSA) is 101 Å². The predicted molar refractivity (Wildman–Crippen MR) is 152 cm³/mol. The summed E-state index contributed by atoms with van der Waals surface area (Å²) in [7, 11) is 3.28. The second-order valence-electron chi connectivity index (χ2n) is 9.91. The Morgan fingerprint density at radius 1 is 0.950 bits per heavy atom. The van der Waals surface area contributed by atoms with E-state index in [4.69, 9.17) is 14.5 Å². The Hall–Kier alpha value is -4.53. The van der Waals surface area contributed by atoms with Crippen LogP contribution in [0, 0.1) is 5.82 Å². The monoisotopic (exact) mass is 542 g/mol. The van der Waals surface area contributed by atoms with Crippen LogP contribution in [-0.4, -0.2) is 43.5 Å². The van der Waals surface area contributed by atoms with E-state index < -0.39 is 17.6 Å². The maximum atomic E-state index is 13.1. The number of halogens is 1. The molecule has 0 bridgehead atoms. The number of ether oxygens (including phenoxy) is 2. The summed E-state index contributed by atoms with van der Waals surface area (Å²) in [5, 5.41) is 6.55. The molecule has 1 aliphatic heterocycles. The summed E-state index contributed by atoms with van der Waals surface area (Å²) in [6, 6.07) is 17.2. The summed E-state index contributed by atoms with van der Waals surface area (Å²) in [6.07, 6.45) is 4.46. The normalized spacial score (nSPS) is 18.1. The standard InChI is InChI=1S/C31H31FN4O4/c1-18(35-36-31(38)30(37)33-22-13-11-21(32)12-14-22)19-7-6-8-20(15-19)29-25-17-28(40-3)27(39-2)16-24(25)23-9-4-5-10-26(23)34-29/h6-8,11-17,23,26H,4-5,9-10H2,1-3H3,(H,33,37)(H,36,38)/t23-,26-/m1/s1. The van der Waals surface area contributed by atoms with Crippen molar-refractivity contribution in [1.29, 1.82) is 0 Å². The first kappa shape index (κ1) is 27.1. The van der Waals surface area contributed by atoms with E-state index in [0.717, 1.165) is 41.7 Å². The van der Waals surface area contributed by atoms with Crippen LogP contribution in [0.2, 0.25) is 0 Å². The van der Waals surface area contributed by atoms with E-state index in [2.05, 4.69) is 21.9 Å². The van der Waals surface area contributed by atoms with Gasteiger partial charge in [0.2, 0.25) is 0 Å². The van der Waals surface area contributed by atoms with Crippen molar-refractivity contribution in [2.24, 2.45) is 10.1 Å². The molecule has 0 saturated heterocycles. The quantitative estimate of drug-likeness (QED) is 0.254. The van der Waals surface area contributed by atoms with Crippen molar-refractivity contribution in [3.05, 3.63) is 88.7 Å². The number of carbonyl (C=O) groups is 2. The van der Waals surface area contributed by atoms with E-state index in [-0.39, 0.29) is 6.04 Å². The number of methoxy groups -OCH3 is 2. The number of hydrogen-bond donors (Lipinski definition) is 2. The summed E-state index contributed by atoms with van der Waals surface area (Å²) in [5.41, 5.74) is 7.94. The molecule has 3 aromatic carbocycles. The lowest BCUT2D eigenvalue weighted by molar-refractivity contribution is -0.136. The fourth-order valence-electron chi connectivity index (χ4n) is 5.36. The molecular formula is C31H31FN4O4. The van der Waals surface area contributed by atoms with E-state index in [1.165, 1.54) is 36.2 Å². The smallest absolute Gasteiger partial charge is 0.329 e. The first-order valence-corrected chi connectivity index (χ1v) is 13.2. The largest absolute Gasteiger partial charge is 0.493 e. The molecule has 1 heterocycles. The number of rotatable bonds is 6. The van der Waals surface area contributed by atoms with Crippen molar-refractivity contribution in [2.45, 2.75) is 44.6 Å². The second-order valence-corrected chi connectivity index (χ2v) is 9.91. The average molecular weight is 543 g/mol. The number of aliphatic imine (C=N–C) groups is 1. The zero-order valence-corrected chi connectivity index (χ0v) is 22.7. The molecule has 9 heteroatoms. The Bertz CT molecular complexity index is 1500. The van der Waals surface area contributed by atoms with E-state index >= 15 is 0 Å². The van der Waals surface area contributed by atoms with Crippen LogP contribution in [0.25, 0.3) is 0 Å². The van der Waals surface area contributed by atoms with Gasteiger partial charge in [0.25, 0.3) is 0 Å². The minimum atomic E-state index is -0.935. The Morgan fingerprint density at radius 3 is 2.42 bits per heavy atom.